The number of nitrogens with two attached hydrogens (primary N) is 1. The number of aromatic nitrogens is 1. The number of benzene rings is 2. The van der Waals surface area contributed by atoms with Crippen LogP contribution in [0.1, 0.15) is 64.3 Å². The first-order valence-electron chi connectivity index (χ1n) is 14.2. The number of hydrogen-bond acceptors (Lipinski definition) is 6. The van der Waals surface area contributed by atoms with Crippen LogP contribution >= 0.6 is 0 Å². The molecule has 9 heteroatoms. The smallest absolute Gasteiger partial charge is 0.411 e. The summed E-state index contributed by atoms with van der Waals surface area (Å²) in [5.74, 6) is 1.59. The van der Waals surface area contributed by atoms with Gasteiger partial charge in [-0.2, -0.15) is 0 Å². The molecule has 39 heavy (non-hydrogen) atoms. The number of amides is 1. The van der Waals surface area contributed by atoms with Gasteiger partial charge in [0, 0.05) is 28.7 Å². The van der Waals surface area contributed by atoms with Crippen molar-refractivity contribution in [1.82, 2.24) is 4.57 Å². The van der Waals surface area contributed by atoms with Crippen LogP contribution in [0.3, 0.4) is 0 Å². The summed E-state index contributed by atoms with van der Waals surface area (Å²) in [4.78, 5) is 12.3. The van der Waals surface area contributed by atoms with Crippen molar-refractivity contribution < 1.29 is 22.7 Å². The zero-order valence-corrected chi connectivity index (χ0v) is 23.2. The summed E-state index contributed by atoms with van der Waals surface area (Å²) in [6, 6.07) is 14.1. The molecule has 0 radical (unpaired) electrons. The number of nitrogens with zero attached hydrogens (tertiary/aromatic N) is 1. The Morgan fingerprint density at radius 1 is 1.00 bits per heavy atom. The maximum Gasteiger partial charge on any atom is 0.411 e. The van der Waals surface area contributed by atoms with E-state index in [4.69, 9.17) is 15.2 Å². The third kappa shape index (κ3) is 5.60. The van der Waals surface area contributed by atoms with Gasteiger partial charge in [0.05, 0.1) is 28.4 Å². The lowest BCUT2D eigenvalue weighted by Crippen LogP contribution is -2.30. The minimum Gasteiger partial charge on any atom is -0.490 e. The Hall–Kier alpha value is -3.20. The lowest BCUT2D eigenvalue weighted by molar-refractivity contribution is 0.108. The van der Waals surface area contributed by atoms with E-state index >= 15 is 0 Å². The summed E-state index contributed by atoms with van der Waals surface area (Å²) in [6.07, 6.45) is 7.24. The zero-order chi connectivity index (χ0) is 27.1. The molecular formula is C30H37N3O5S. The van der Waals surface area contributed by atoms with Gasteiger partial charge in [0.2, 0.25) is 0 Å². The molecule has 3 aliphatic rings. The molecule has 2 aromatic carbocycles. The standard InChI is InChI=1S/C30H37N3O5S/c1-19(20-6-7-20)37-30(34)32-22-10-8-21(9-11-22)29-28(31)26-13-12-25(38-24-14-16-39(35,36)17-15-24)18-27(26)33(29)23-4-2-3-5-23/h8-13,18-20,23-24H,2-7,14-17,31H2,1H3,(H,32,34)/t19-/m1/s1. The average Bonchev–Trinajstić information content (AvgIpc) is 3.56. The number of rotatable bonds is 7. The van der Waals surface area contributed by atoms with Crippen molar-refractivity contribution in [3.05, 3.63) is 42.5 Å². The molecule has 2 aliphatic carbocycles. The minimum absolute atomic E-state index is 0.0637. The van der Waals surface area contributed by atoms with Gasteiger partial charge >= 0.3 is 6.09 Å². The Bertz CT molecular complexity index is 1460. The topological polar surface area (TPSA) is 113 Å². The van der Waals surface area contributed by atoms with Gasteiger partial charge in [-0.15, -0.1) is 0 Å². The van der Waals surface area contributed by atoms with Gasteiger partial charge in [0.1, 0.15) is 18.0 Å². The zero-order valence-electron chi connectivity index (χ0n) is 22.4. The van der Waals surface area contributed by atoms with E-state index in [2.05, 4.69) is 16.0 Å². The molecule has 1 saturated heterocycles. The van der Waals surface area contributed by atoms with E-state index in [1.807, 2.05) is 43.3 Å². The van der Waals surface area contributed by atoms with Crippen molar-refractivity contribution in [2.24, 2.45) is 5.92 Å². The third-order valence-electron chi connectivity index (χ3n) is 8.49. The Kier molecular flexibility index (Phi) is 6.95. The number of hydrogen-bond donors (Lipinski definition) is 2. The third-order valence-corrected chi connectivity index (χ3v) is 10.2. The number of anilines is 2. The molecule has 3 fully saturated rings. The van der Waals surface area contributed by atoms with Crippen molar-refractivity contribution in [2.75, 3.05) is 22.6 Å². The Balaban J connectivity index is 1.28. The number of nitrogen functional groups attached to an aromatic ring is 1. The molecule has 0 spiro atoms. The average molecular weight is 552 g/mol. The van der Waals surface area contributed by atoms with Gasteiger partial charge in [-0.25, -0.2) is 13.2 Å². The van der Waals surface area contributed by atoms with Crippen molar-refractivity contribution in [2.45, 2.75) is 76.5 Å². The Morgan fingerprint density at radius 3 is 2.36 bits per heavy atom. The molecular weight excluding hydrogens is 514 g/mol. The first kappa shape index (κ1) is 26.0. The molecule has 2 heterocycles. The maximum absolute atomic E-state index is 12.3. The van der Waals surface area contributed by atoms with Crippen LogP contribution in [0.5, 0.6) is 5.75 Å². The first-order valence-corrected chi connectivity index (χ1v) is 16.0. The highest BCUT2D eigenvalue weighted by molar-refractivity contribution is 7.91. The number of carbonyl (C=O) groups is 1. The second kappa shape index (κ2) is 10.4. The second-order valence-corrected chi connectivity index (χ2v) is 13.7. The predicted molar refractivity (Wildman–Crippen MR) is 154 cm³/mol. The van der Waals surface area contributed by atoms with Crippen LogP contribution in [-0.2, 0) is 14.6 Å². The fourth-order valence-electron chi connectivity index (χ4n) is 6.09. The number of fused-ring (bicyclic) bond motifs is 1. The maximum atomic E-state index is 12.3. The van der Waals surface area contributed by atoms with E-state index in [0.717, 1.165) is 59.3 Å². The number of sulfone groups is 1. The van der Waals surface area contributed by atoms with E-state index in [1.165, 1.54) is 12.8 Å². The molecule has 1 amide bonds. The lowest BCUT2D eigenvalue weighted by Gasteiger charge is -2.23. The van der Waals surface area contributed by atoms with Crippen LogP contribution in [0, 0.1) is 5.92 Å². The highest BCUT2D eigenvalue weighted by atomic mass is 32.2. The summed E-state index contributed by atoms with van der Waals surface area (Å²) < 4.78 is 37.8. The van der Waals surface area contributed by atoms with Crippen molar-refractivity contribution in [3.63, 3.8) is 0 Å². The van der Waals surface area contributed by atoms with E-state index in [0.29, 0.717) is 30.5 Å². The number of nitrogens with one attached hydrogen (secondary N) is 1. The van der Waals surface area contributed by atoms with Gasteiger partial charge in [-0.1, -0.05) is 25.0 Å². The van der Waals surface area contributed by atoms with Crippen LogP contribution in [-0.4, -0.2) is 42.8 Å². The van der Waals surface area contributed by atoms with Gasteiger partial charge in [0.25, 0.3) is 0 Å². The summed E-state index contributed by atoms with van der Waals surface area (Å²) in [6.45, 7) is 1.95. The van der Waals surface area contributed by atoms with Crippen LogP contribution in [0.25, 0.3) is 22.2 Å². The normalized spacial score (nSPS) is 20.6. The van der Waals surface area contributed by atoms with E-state index in [-0.39, 0.29) is 23.7 Å². The largest absolute Gasteiger partial charge is 0.490 e. The number of ether oxygens (including phenoxy) is 2. The molecule has 6 rings (SSSR count). The molecule has 3 aromatic rings. The molecule has 1 aliphatic heterocycles. The van der Waals surface area contributed by atoms with Gasteiger partial charge in [-0.05, 0) is 75.6 Å². The fraction of sp³-hybridized carbons (Fsp3) is 0.500. The molecule has 0 unspecified atom stereocenters. The molecule has 0 bridgehead atoms. The molecule has 2 saturated carbocycles. The molecule has 8 nitrogen and oxygen atoms in total. The van der Waals surface area contributed by atoms with Crippen LogP contribution < -0.4 is 15.8 Å². The summed E-state index contributed by atoms with van der Waals surface area (Å²) in [5, 5.41) is 3.82. The van der Waals surface area contributed by atoms with E-state index in [9.17, 15) is 13.2 Å². The fourth-order valence-corrected chi connectivity index (χ4v) is 7.54. The predicted octanol–water partition coefficient (Wildman–Crippen LogP) is 6.31. The highest BCUT2D eigenvalue weighted by Crippen LogP contribution is 2.44. The summed E-state index contributed by atoms with van der Waals surface area (Å²) >= 11 is 0. The molecule has 208 valence electrons. The van der Waals surface area contributed by atoms with Crippen LogP contribution in [0.4, 0.5) is 16.2 Å². The monoisotopic (exact) mass is 551 g/mol. The summed E-state index contributed by atoms with van der Waals surface area (Å²) in [7, 11) is -2.94. The van der Waals surface area contributed by atoms with E-state index in [1.54, 1.807) is 0 Å². The van der Waals surface area contributed by atoms with Crippen molar-refractivity contribution in [1.29, 1.82) is 0 Å². The highest BCUT2D eigenvalue weighted by Gasteiger charge is 2.31. The number of carbonyl (C=O) groups excluding carboxylic acids is 1. The van der Waals surface area contributed by atoms with Gasteiger partial charge < -0.3 is 19.8 Å². The van der Waals surface area contributed by atoms with Crippen LogP contribution in [0.2, 0.25) is 0 Å². The quantitative estimate of drug-likeness (QED) is 0.356. The molecule has 3 N–H and O–H groups in total. The Morgan fingerprint density at radius 2 is 1.69 bits per heavy atom. The lowest BCUT2D eigenvalue weighted by atomic mass is 10.1. The molecule has 1 atom stereocenters. The van der Waals surface area contributed by atoms with Gasteiger partial charge in [-0.3, -0.25) is 5.32 Å². The first-order chi connectivity index (χ1) is 18.8. The Labute approximate surface area is 229 Å². The second-order valence-electron chi connectivity index (χ2n) is 11.4. The van der Waals surface area contributed by atoms with E-state index < -0.39 is 15.9 Å². The van der Waals surface area contributed by atoms with Crippen molar-refractivity contribution >= 4 is 38.2 Å². The van der Waals surface area contributed by atoms with Crippen molar-refractivity contribution in [3.8, 4) is 17.0 Å². The SMILES string of the molecule is C[C@@H](OC(=O)Nc1ccc(-c2c(N)c3ccc(OC4CCS(=O)(=O)CC4)cc3n2C2CCCC2)cc1)C1CC1. The van der Waals surface area contributed by atoms with Gasteiger partial charge in [0.15, 0.2) is 9.84 Å². The van der Waals surface area contributed by atoms with Crippen LogP contribution in [0.15, 0.2) is 42.5 Å². The molecule has 1 aromatic heterocycles. The summed E-state index contributed by atoms with van der Waals surface area (Å²) in [5.41, 5.74) is 11.2. The minimum atomic E-state index is -2.94.